The van der Waals surface area contributed by atoms with Crippen LogP contribution in [0.25, 0.3) is 0 Å². The second-order valence-electron chi connectivity index (χ2n) is 4.65. The molecule has 0 amide bonds. The van der Waals surface area contributed by atoms with Crippen LogP contribution in [0.4, 0.5) is 0 Å². The first kappa shape index (κ1) is 13.2. The van der Waals surface area contributed by atoms with Gasteiger partial charge in [-0.3, -0.25) is 4.68 Å². The fraction of sp³-hybridized carbons (Fsp3) is 0.500. The lowest BCUT2D eigenvalue weighted by Crippen LogP contribution is -2.36. The minimum absolute atomic E-state index is 0.133. The summed E-state index contributed by atoms with van der Waals surface area (Å²) in [6.07, 6.45) is 5.31. The predicted octanol–water partition coefficient (Wildman–Crippen LogP) is 1.43. The number of thiazole rings is 1. The maximum Gasteiger partial charge on any atom is 0.109 e. The van der Waals surface area contributed by atoms with Gasteiger partial charge in [-0.05, 0) is 13.8 Å². The van der Waals surface area contributed by atoms with Gasteiger partial charge in [-0.1, -0.05) is 0 Å². The molecule has 0 aliphatic heterocycles. The van der Waals surface area contributed by atoms with E-state index in [2.05, 4.69) is 15.4 Å². The highest BCUT2D eigenvalue weighted by molar-refractivity contribution is 7.09. The zero-order valence-corrected chi connectivity index (χ0v) is 11.6. The Labute approximate surface area is 110 Å². The summed E-state index contributed by atoms with van der Waals surface area (Å²) in [6, 6.07) is 0.133. The van der Waals surface area contributed by atoms with E-state index in [0.29, 0.717) is 6.54 Å². The number of aryl methyl sites for hydroxylation is 1. The average Bonchev–Trinajstić information content (AvgIpc) is 2.96. The molecule has 6 heteroatoms. The van der Waals surface area contributed by atoms with Gasteiger partial charge in [0.15, 0.2) is 0 Å². The Kier molecular flexibility index (Phi) is 3.79. The molecule has 2 unspecified atom stereocenters. The van der Waals surface area contributed by atoms with Gasteiger partial charge in [0, 0.05) is 36.9 Å². The van der Waals surface area contributed by atoms with Crippen LogP contribution < -0.4 is 5.32 Å². The maximum absolute atomic E-state index is 10.4. The van der Waals surface area contributed by atoms with Gasteiger partial charge in [0.2, 0.25) is 0 Å². The molecule has 0 spiro atoms. The second kappa shape index (κ2) is 5.17. The molecule has 0 saturated carbocycles. The van der Waals surface area contributed by atoms with Crippen molar-refractivity contribution in [1.82, 2.24) is 20.1 Å². The lowest BCUT2D eigenvalue weighted by molar-refractivity contribution is 0.0543. The zero-order valence-electron chi connectivity index (χ0n) is 10.8. The molecule has 0 saturated heterocycles. The fourth-order valence-corrected chi connectivity index (χ4v) is 2.36. The van der Waals surface area contributed by atoms with Crippen LogP contribution in [0.15, 0.2) is 24.0 Å². The fourth-order valence-electron chi connectivity index (χ4n) is 1.69. The molecule has 0 aliphatic rings. The largest absolute Gasteiger partial charge is 0.384 e. The number of aliphatic hydroxyl groups is 1. The molecular formula is C12H18N4OS. The third-order valence-corrected chi connectivity index (χ3v) is 3.86. The number of hydrogen-bond acceptors (Lipinski definition) is 5. The molecule has 2 atom stereocenters. The van der Waals surface area contributed by atoms with Crippen molar-refractivity contribution in [3.63, 3.8) is 0 Å². The number of nitrogens with zero attached hydrogens (tertiary/aromatic N) is 3. The highest BCUT2D eigenvalue weighted by atomic mass is 32.1. The summed E-state index contributed by atoms with van der Waals surface area (Å²) >= 11 is 1.61. The Balaban J connectivity index is 1.97. The van der Waals surface area contributed by atoms with Gasteiger partial charge >= 0.3 is 0 Å². The summed E-state index contributed by atoms with van der Waals surface area (Å²) in [5, 5.41) is 20.8. The van der Waals surface area contributed by atoms with Gasteiger partial charge < -0.3 is 10.4 Å². The monoisotopic (exact) mass is 266 g/mol. The van der Waals surface area contributed by atoms with E-state index in [1.807, 2.05) is 25.5 Å². The summed E-state index contributed by atoms with van der Waals surface area (Å²) < 4.78 is 1.69. The quantitative estimate of drug-likeness (QED) is 0.859. The van der Waals surface area contributed by atoms with Crippen LogP contribution in [0.5, 0.6) is 0 Å². The van der Waals surface area contributed by atoms with Gasteiger partial charge in [0.05, 0.1) is 12.2 Å². The molecule has 0 bridgehead atoms. The predicted molar refractivity (Wildman–Crippen MR) is 71.3 cm³/mol. The maximum atomic E-state index is 10.4. The first-order valence-corrected chi connectivity index (χ1v) is 6.71. The van der Waals surface area contributed by atoms with Gasteiger partial charge in [-0.25, -0.2) is 4.98 Å². The molecule has 2 aromatic heterocycles. The van der Waals surface area contributed by atoms with E-state index in [4.69, 9.17) is 0 Å². The van der Waals surface area contributed by atoms with Crippen molar-refractivity contribution in [3.8, 4) is 0 Å². The Hall–Kier alpha value is -1.24. The summed E-state index contributed by atoms with van der Waals surface area (Å²) in [5.41, 5.74) is -0.122. The molecule has 2 N–H and O–H groups in total. The van der Waals surface area contributed by atoms with Crippen molar-refractivity contribution in [2.24, 2.45) is 7.05 Å². The Morgan fingerprint density at radius 2 is 2.39 bits per heavy atom. The van der Waals surface area contributed by atoms with Crippen LogP contribution in [0.1, 0.15) is 30.5 Å². The number of hydrogen-bond donors (Lipinski definition) is 2. The van der Waals surface area contributed by atoms with Gasteiger partial charge in [-0.15, -0.1) is 11.3 Å². The Morgan fingerprint density at radius 1 is 1.61 bits per heavy atom. The summed E-state index contributed by atoms with van der Waals surface area (Å²) in [6.45, 7) is 4.28. The lowest BCUT2D eigenvalue weighted by Gasteiger charge is -2.24. The molecule has 0 fully saturated rings. The van der Waals surface area contributed by atoms with E-state index in [1.165, 1.54) is 0 Å². The molecule has 18 heavy (non-hydrogen) atoms. The molecule has 0 aromatic carbocycles. The van der Waals surface area contributed by atoms with E-state index >= 15 is 0 Å². The molecule has 2 heterocycles. The normalized spacial score (nSPS) is 16.4. The van der Waals surface area contributed by atoms with Crippen LogP contribution in [0, 0.1) is 0 Å². The van der Waals surface area contributed by atoms with Crippen LogP contribution in [0.3, 0.4) is 0 Å². The molecule has 2 aromatic rings. The zero-order chi connectivity index (χ0) is 13.2. The van der Waals surface area contributed by atoms with Crippen molar-refractivity contribution in [2.45, 2.75) is 25.5 Å². The van der Waals surface area contributed by atoms with Crippen molar-refractivity contribution in [1.29, 1.82) is 0 Å². The molecule has 98 valence electrons. The van der Waals surface area contributed by atoms with Crippen LogP contribution in [-0.2, 0) is 12.6 Å². The standard InChI is InChI=1S/C12H18N4OS/c1-9(11-13-4-5-18-11)14-8-12(2,17)10-6-15-16(3)7-10/h4-7,9,14,17H,8H2,1-3H3. The summed E-state index contributed by atoms with van der Waals surface area (Å²) in [7, 11) is 1.84. The molecule has 0 aliphatic carbocycles. The first-order chi connectivity index (χ1) is 8.49. The van der Waals surface area contributed by atoms with E-state index in [1.54, 1.807) is 35.3 Å². The first-order valence-electron chi connectivity index (χ1n) is 5.83. The van der Waals surface area contributed by atoms with Gasteiger partial charge in [0.1, 0.15) is 10.6 Å². The highest BCUT2D eigenvalue weighted by Gasteiger charge is 2.25. The van der Waals surface area contributed by atoms with Crippen LogP contribution in [0.2, 0.25) is 0 Å². The Bertz CT molecular complexity index is 492. The number of nitrogens with one attached hydrogen (secondary N) is 1. The van der Waals surface area contributed by atoms with E-state index in [0.717, 1.165) is 10.6 Å². The van der Waals surface area contributed by atoms with Crippen molar-refractivity contribution >= 4 is 11.3 Å². The van der Waals surface area contributed by atoms with E-state index < -0.39 is 5.60 Å². The van der Waals surface area contributed by atoms with Crippen LogP contribution >= 0.6 is 11.3 Å². The topological polar surface area (TPSA) is 63.0 Å². The summed E-state index contributed by atoms with van der Waals surface area (Å²) in [5.74, 6) is 0. The summed E-state index contributed by atoms with van der Waals surface area (Å²) in [4.78, 5) is 4.25. The second-order valence-corrected chi connectivity index (χ2v) is 5.58. The third kappa shape index (κ3) is 2.95. The van der Waals surface area contributed by atoms with Crippen LogP contribution in [-0.4, -0.2) is 26.4 Å². The molecule has 5 nitrogen and oxygen atoms in total. The molecule has 2 rings (SSSR count). The van der Waals surface area contributed by atoms with E-state index in [-0.39, 0.29) is 6.04 Å². The van der Waals surface area contributed by atoms with E-state index in [9.17, 15) is 5.11 Å². The number of rotatable bonds is 5. The Morgan fingerprint density at radius 3 is 2.94 bits per heavy atom. The highest BCUT2D eigenvalue weighted by Crippen LogP contribution is 2.21. The molecular weight excluding hydrogens is 248 g/mol. The SMILES string of the molecule is CC(NCC(C)(O)c1cnn(C)c1)c1nccs1. The smallest absolute Gasteiger partial charge is 0.109 e. The van der Waals surface area contributed by atoms with Crippen molar-refractivity contribution in [3.05, 3.63) is 34.5 Å². The average molecular weight is 266 g/mol. The van der Waals surface area contributed by atoms with Gasteiger partial charge in [0.25, 0.3) is 0 Å². The third-order valence-electron chi connectivity index (χ3n) is 2.90. The van der Waals surface area contributed by atoms with Gasteiger partial charge in [-0.2, -0.15) is 5.10 Å². The lowest BCUT2D eigenvalue weighted by atomic mass is 9.99. The number of aromatic nitrogens is 3. The van der Waals surface area contributed by atoms with Crippen molar-refractivity contribution < 1.29 is 5.11 Å². The minimum atomic E-state index is -0.931. The molecule has 0 radical (unpaired) electrons. The van der Waals surface area contributed by atoms with Crippen molar-refractivity contribution in [2.75, 3.05) is 6.54 Å². The minimum Gasteiger partial charge on any atom is -0.384 e.